The molecule has 0 fully saturated rings. The first-order valence-electron chi connectivity index (χ1n) is 6.55. The van der Waals surface area contributed by atoms with Gasteiger partial charge < -0.3 is 10.1 Å². The molecule has 1 aromatic rings. The van der Waals surface area contributed by atoms with Gasteiger partial charge in [0.1, 0.15) is 11.7 Å². The first kappa shape index (κ1) is 18.0. The van der Waals surface area contributed by atoms with Gasteiger partial charge in [0.05, 0.1) is 11.6 Å². The molecule has 1 amide bonds. The third kappa shape index (κ3) is 4.49. The highest BCUT2D eigenvalue weighted by Gasteiger charge is 2.28. The lowest BCUT2D eigenvalue weighted by Gasteiger charge is -2.15. The molecule has 0 radical (unpaired) electrons. The molecule has 0 saturated heterocycles. The van der Waals surface area contributed by atoms with E-state index in [1.165, 1.54) is 13.8 Å². The molecule has 1 atom stereocenters. The van der Waals surface area contributed by atoms with Crippen LogP contribution in [-0.4, -0.2) is 29.3 Å². The van der Waals surface area contributed by atoms with Gasteiger partial charge in [-0.3, -0.25) is 14.4 Å². The highest BCUT2D eigenvalue weighted by atomic mass is 35.5. The highest BCUT2D eigenvalue weighted by molar-refractivity contribution is 6.31. The van der Waals surface area contributed by atoms with Crippen LogP contribution in [0.4, 0.5) is 10.2 Å². The van der Waals surface area contributed by atoms with Crippen molar-refractivity contribution in [2.75, 3.05) is 11.9 Å². The molecule has 22 heavy (non-hydrogen) atoms. The average molecular weight is 331 g/mol. The summed E-state index contributed by atoms with van der Waals surface area (Å²) >= 11 is 5.89. The van der Waals surface area contributed by atoms with Crippen molar-refractivity contribution in [3.63, 3.8) is 0 Å². The fourth-order valence-corrected chi connectivity index (χ4v) is 1.99. The van der Waals surface area contributed by atoms with Crippen LogP contribution >= 0.6 is 11.6 Å². The Morgan fingerprint density at radius 3 is 2.55 bits per heavy atom. The Balaban J connectivity index is 3.16. The number of halogens is 2. The number of nitrogens with zero attached hydrogens (tertiary/aromatic N) is 1. The van der Waals surface area contributed by atoms with E-state index in [1.54, 1.807) is 6.92 Å². The molecule has 1 heterocycles. The Morgan fingerprint density at radius 1 is 1.41 bits per heavy atom. The smallest absolute Gasteiger partial charge is 0.316 e. The average Bonchev–Trinajstić information content (AvgIpc) is 2.41. The van der Waals surface area contributed by atoms with Gasteiger partial charge in [-0.05, 0) is 20.3 Å². The number of anilines is 1. The number of esters is 1. The second-order valence-corrected chi connectivity index (χ2v) is 4.96. The third-order valence-electron chi connectivity index (χ3n) is 2.83. The van der Waals surface area contributed by atoms with Crippen molar-refractivity contribution in [3.05, 3.63) is 22.6 Å². The predicted octanol–water partition coefficient (Wildman–Crippen LogP) is 2.14. The van der Waals surface area contributed by atoms with Crippen LogP contribution in [0, 0.1) is 11.7 Å². The summed E-state index contributed by atoms with van der Waals surface area (Å²) in [5.41, 5.74) is -0.0753. The molecule has 1 N–H and O–H groups in total. The monoisotopic (exact) mass is 330 g/mol. The number of Topliss-reactive ketones (excluding diaryl/α,β-unsaturated/α-hetero) is 1. The van der Waals surface area contributed by atoms with E-state index in [9.17, 15) is 18.8 Å². The van der Waals surface area contributed by atoms with Crippen LogP contribution in [0.2, 0.25) is 5.02 Å². The molecule has 1 rings (SSSR count). The molecule has 1 unspecified atom stereocenters. The lowest BCUT2D eigenvalue weighted by atomic mass is 9.96. The van der Waals surface area contributed by atoms with Gasteiger partial charge in [0.15, 0.2) is 11.6 Å². The number of hydrogen-bond acceptors (Lipinski definition) is 5. The lowest BCUT2D eigenvalue weighted by Crippen LogP contribution is -2.27. The number of pyridine rings is 1. The first-order valence-corrected chi connectivity index (χ1v) is 6.93. The van der Waals surface area contributed by atoms with E-state index >= 15 is 0 Å². The Morgan fingerprint density at radius 2 is 2.05 bits per heavy atom. The SMILES string of the molecule is CCOC(=O)C(Cc1c(Cl)cnc(NC(C)=O)c1F)C(C)=O. The Bertz CT molecular complexity index is 607. The van der Waals surface area contributed by atoms with Gasteiger partial charge in [0.25, 0.3) is 0 Å². The number of carbonyl (C=O) groups is 3. The molecular weight excluding hydrogens is 315 g/mol. The van der Waals surface area contributed by atoms with Gasteiger partial charge in [-0.2, -0.15) is 0 Å². The van der Waals surface area contributed by atoms with E-state index in [1.807, 2.05) is 0 Å². The number of ketones is 1. The third-order valence-corrected chi connectivity index (χ3v) is 3.16. The minimum Gasteiger partial charge on any atom is -0.465 e. The van der Waals surface area contributed by atoms with Crippen LogP contribution in [-0.2, 0) is 25.5 Å². The second kappa shape index (κ2) is 7.84. The van der Waals surface area contributed by atoms with Gasteiger partial charge in [0, 0.05) is 18.7 Å². The van der Waals surface area contributed by atoms with Gasteiger partial charge in [-0.25, -0.2) is 9.37 Å². The summed E-state index contributed by atoms with van der Waals surface area (Å²) in [6.45, 7) is 4.12. The van der Waals surface area contributed by atoms with E-state index in [-0.39, 0.29) is 29.4 Å². The molecule has 0 aromatic carbocycles. The van der Waals surface area contributed by atoms with Crippen molar-refractivity contribution >= 4 is 35.1 Å². The molecular formula is C14H16ClFN2O4. The zero-order valence-electron chi connectivity index (χ0n) is 12.4. The van der Waals surface area contributed by atoms with E-state index in [4.69, 9.17) is 16.3 Å². The van der Waals surface area contributed by atoms with Gasteiger partial charge in [-0.15, -0.1) is 0 Å². The standard InChI is InChI=1S/C14H16ClFN2O4/c1-4-22-14(21)9(7(2)19)5-10-11(15)6-17-13(12(10)16)18-8(3)20/h6,9H,4-5H2,1-3H3,(H,17,18,20). The summed E-state index contributed by atoms with van der Waals surface area (Å²) < 4.78 is 19.1. The largest absolute Gasteiger partial charge is 0.465 e. The summed E-state index contributed by atoms with van der Waals surface area (Å²) in [7, 11) is 0. The van der Waals surface area contributed by atoms with Crippen LogP contribution < -0.4 is 5.32 Å². The summed E-state index contributed by atoms with van der Waals surface area (Å²) in [4.78, 5) is 38.1. The second-order valence-electron chi connectivity index (χ2n) is 4.55. The maximum Gasteiger partial charge on any atom is 0.316 e. The number of rotatable bonds is 6. The maximum atomic E-state index is 14.3. The van der Waals surface area contributed by atoms with Crippen molar-refractivity contribution in [1.82, 2.24) is 4.98 Å². The van der Waals surface area contributed by atoms with Gasteiger partial charge in [0.2, 0.25) is 5.91 Å². The van der Waals surface area contributed by atoms with Crippen LogP contribution in [0.5, 0.6) is 0 Å². The first-order chi connectivity index (χ1) is 10.3. The minimum atomic E-state index is -1.17. The number of hydrogen-bond donors (Lipinski definition) is 1. The summed E-state index contributed by atoms with van der Waals surface area (Å²) in [5, 5.41) is 2.17. The van der Waals surface area contributed by atoms with Crippen molar-refractivity contribution in [2.24, 2.45) is 5.92 Å². The molecule has 0 aliphatic rings. The fraction of sp³-hybridized carbons (Fsp3) is 0.429. The molecule has 0 saturated carbocycles. The molecule has 0 aliphatic carbocycles. The van der Waals surface area contributed by atoms with Crippen molar-refractivity contribution in [2.45, 2.75) is 27.2 Å². The molecule has 0 aliphatic heterocycles. The number of nitrogens with one attached hydrogen (secondary N) is 1. The number of amides is 1. The molecule has 120 valence electrons. The summed E-state index contributed by atoms with van der Waals surface area (Å²) in [6, 6.07) is 0. The zero-order valence-corrected chi connectivity index (χ0v) is 13.2. The van der Waals surface area contributed by atoms with Crippen molar-refractivity contribution in [1.29, 1.82) is 0 Å². The molecule has 1 aromatic heterocycles. The normalized spacial score (nSPS) is 11.7. The van der Waals surface area contributed by atoms with Crippen LogP contribution in [0.1, 0.15) is 26.3 Å². The van der Waals surface area contributed by atoms with E-state index in [0.717, 1.165) is 6.20 Å². The minimum absolute atomic E-state index is 0.0397. The molecule has 8 heteroatoms. The Kier molecular flexibility index (Phi) is 6.42. The van der Waals surface area contributed by atoms with E-state index in [0.29, 0.717) is 0 Å². The van der Waals surface area contributed by atoms with Gasteiger partial charge in [-0.1, -0.05) is 11.6 Å². The fourth-order valence-electron chi connectivity index (χ4n) is 1.78. The number of carbonyl (C=O) groups excluding carboxylic acids is 3. The summed E-state index contributed by atoms with van der Waals surface area (Å²) in [6.07, 6.45) is 0.877. The lowest BCUT2D eigenvalue weighted by molar-refractivity contribution is -0.151. The Labute approximate surface area is 132 Å². The van der Waals surface area contributed by atoms with E-state index in [2.05, 4.69) is 10.3 Å². The van der Waals surface area contributed by atoms with Crippen LogP contribution in [0.3, 0.4) is 0 Å². The highest BCUT2D eigenvalue weighted by Crippen LogP contribution is 2.26. The number of ether oxygens (including phenoxy) is 1. The maximum absolute atomic E-state index is 14.3. The molecule has 0 spiro atoms. The van der Waals surface area contributed by atoms with Crippen LogP contribution in [0.15, 0.2) is 6.20 Å². The molecule has 6 nitrogen and oxygen atoms in total. The predicted molar refractivity (Wildman–Crippen MR) is 78.0 cm³/mol. The topological polar surface area (TPSA) is 85.4 Å². The van der Waals surface area contributed by atoms with Crippen molar-refractivity contribution < 1.29 is 23.5 Å². The Hall–Kier alpha value is -2.02. The quantitative estimate of drug-likeness (QED) is 0.638. The zero-order chi connectivity index (χ0) is 16.9. The van der Waals surface area contributed by atoms with Gasteiger partial charge >= 0.3 is 5.97 Å². The summed E-state index contributed by atoms with van der Waals surface area (Å²) in [5.74, 6) is -4.07. The van der Waals surface area contributed by atoms with Crippen LogP contribution in [0.25, 0.3) is 0 Å². The molecule has 0 bridgehead atoms. The van der Waals surface area contributed by atoms with E-state index < -0.39 is 29.4 Å². The van der Waals surface area contributed by atoms with Crippen molar-refractivity contribution in [3.8, 4) is 0 Å². The number of aromatic nitrogens is 1.